The first kappa shape index (κ1) is 13.5. The first-order chi connectivity index (χ1) is 8.61. The van der Waals surface area contributed by atoms with Crippen LogP contribution in [0.2, 0.25) is 5.15 Å². The number of carboxylic acids is 1. The molecular weight excluding hydrogens is 272 g/mol. The molecule has 6 heteroatoms. The van der Waals surface area contributed by atoms with Gasteiger partial charge in [-0.2, -0.15) is 11.8 Å². The standard InChI is InChI=1S/C12H15ClN2O2S/c1-18-9-4-2-3-8(9)14-11-7(12(16)17)5-6-10(13)15-11/h5-6,8-9H,2-4H2,1H3,(H,14,15)(H,16,17). The number of hydrogen-bond acceptors (Lipinski definition) is 4. The van der Waals surface area contributed by atoms with Crippen LogP contribution in [0.3, 0.4) is 0 Å². The van der Waals surface area contributed by atoms with Crippen LogP contribution in [-0.2, 0) is 0 Å². The molecule has 0 aromatic carbocycles. The van der Waals surface area contributed by atoms with E-state index in [2.05, 4.69) is 16.6 Å². The Kier molecular flexibility index (Phi) is 4.35. The molecule has 1 aliphatic rings. The Morgan fingerprint density at radius 1 is 1.56 bits per heavy atom. The number of nitrogens with zero attached hydrogens (tertiary/aromatic N) is 1. The van der Waals surface area contributed by atoms with E-state index in [1.165, 1.54) is 12.1 Å². The maximum atomic E-state index is 11.1. The van der Waals surface area contributed by atoms with Gasteiger partial charge in [0.2, 0.25) is 0 Å². The van der Waals surface area contributed by atoms with Crippen molar-refractivity contribution in [3.63, 3.8) is 0 Å². The molecule has 0 bridgehead atoms. The van der Waals surface area contributed by atoms with E-state index in [-0.39, 0.29) is 11.6 Å². The van der Waals surface area contributed by atoms with E-state index in [9.17, 15) is 4.79 Å². The molecule has 1 heterocycles. The van der Waals surface area contributed by atoms with Gasteiger partial charge >= 0.3 is 5.97 Å². The topological polar surface area (TPSA) is 62.2 Å². The zero-order valence-electron chi connectivity index (χ0n) is 10.0. The third kappa shape index (κ3) is 2.90. The lowest BCUT2D eigenvalue weighted by Crippen LogP contribution is -2.27. The van der Waals surface area contributed by atoms with Gasteiger partial charge in [-0.05, 0) is 31.2 Å². The van der Waals surface area contributed by atoms with Crippen molar-refractivity contribution in [2.75, 3.05) is 11.6 Å². The molecule has 1 fully saturated rings. The number of carbonyl (C=O) groups is 1. The molecule has 2 unspecified atom stereocenters. The smallest absolute Gasteiger partial charge is 0.339 e. The Labute approximate surface area is 115 Å². The summed E-state index contributed by atoms with van der Waals surface area (Å²) in [5.41, 5.74) is 0.172. The summed E-state index contributed by atoms with van der Waals surface area (Å²) >= 11 is 7.64. The molecule has 0 radical (unpaired) electrons. The van der Waals surface area contributed by atoms with E-state index in [0.29, 0.717) is 16.2 Å². The minimum Gasteiger partial charge on any atom is -0.478 e. The van der Waals surface area contributed by atoms with Crippen molar-refractivity contribution in [2.24, 2.45) is 0 Å². The first-order valence-electron chi connectivity index (χ1n) is 5.81. The van der Waals surface area contributed by atoms with Crippen molar-refractivity contribution in [3.8, 4) is 0 Å². The Morgan fingerprint density at radius 3 is 3.00 bits per heavy atom. The molecule has 0 spiro atoms. The van der Waals surface area contributed by atoms with Crippen LogP contribution in [0.15, 0.2) is 12.1 Å². The Hall–Kier alpha value is -0.940. The van der Waals surface area contributed by atoms with E-state index >= 15 is 0 Å². The summed E-state index contributed by atoms with van der Waals surface area (Å²) in [6.07, 6.45) is 5.43. The Bertz CT molecular complexity index is 456. The molecule has 0 aliphatic heterocycles. The second-order valence-electron chi connectivity index (χ2n) is 4.29. The lowest BCUT2D eigenvalue weighted by atomic mass is 10.2. The van der Waals surface area contributed by atoms with Gasteiger partial charge in [0.15, 0.2) is 0 Å². The highest BCUT2D eigenvalue weighted by Gasteiger charge is 2.27. The molecule has 2 N–H and O–H groups in total. The van der Waals surface area contributed by atoms with Crippen molar-refractivity contribution >= 4 is 35.1 Å². The highest BCUT2D eigenvalue weighted by molar-refractivity contribution is 7.99. The van der Waals surface area contributed by atoms with E-state index in [1.807, 2.05) is 11.8 Å². The maximum Gasteiger partial charge on any atom is 0.339 e. The summed E-state index contributed by atoms with van der Waals surface area (Å²) in [4.78, 5) is 15.2. The van der Waals surface area contributed by atoms with Gasteiger partial charge in [0.1, 0.15) is 16.5 Å². The average Bonchev–Trinajstić information content (AvgIpc) is 2.76. The predicted octanol–water partition coefficient (Wildman–Crippen LogP) is 3.13. The van der Waals surface area contributed by atoms with E-state index in [4.69, 9.17) is 16.7 Å². The summed E-state index contributed by atoms with van der Waals surface area (Å²) in [7, 11) is 0. The number of hydrogen-bond donors (Lipinski definition) is 2. The van der Waals surface area contributed by atoms with Crippen molar-refractivity contribution in [3.05, 3.63) is 22.8 Å². The largest absolute Gasteiger partial charge is 0.478 e. The predicted molar refractivity (Wildman–Crippen MR) is 74.8 cm³/mol. The summed E-state index contributed by atoms with van der Waals surface area (Å²) in [6.45, 7) is 0. The Balaban J connectivity index is 2.22. The zero-order chi connectivity index (χ0) is 13.1. The van der Waals surface area contributed by atoms with Crippen LogP contribution < -0.4 is 5.32 Å². The summed E-state index contributed by atoms with van der Waals surface area (Å²) < 4.78 is 0. The van der Waals surface area contributed by atoms with E-state index in [0.717, 1.165) is 19.3 Å². The van der Waals surface area contributed by atoms with Gasteiger partial charge in [-0.1, -0.05) is 18.0 Å². The van der Waals surface area contributed by atoms with Gasteiger partial charge in [0.25, 0.3) is 0 Å². The average molecular weight is 287 g/mol. The number of halogens is 1. The van der Waals surface area contributed by atoms with E-state index < -0.39 is 5.97 Å². The number of nitrogens with one attached hydrogen (secondary N) is 1. The fourth-order valence-electron chi connectivity index (χ4n) is 2.27. The number of thioether (sulfide) groups is 1. The van der Waals surface area contributed by atoms with Gasteiger partial charge in [0.05, 0.1) is 0 Å². The second kappa shape index (κ2) is 5.80. The van der Waals surface area contributed by atoms with Crippen LogP contribution in [-0.4, -0.2) is 33.6 Å². The van der Waals surface area contributed by atoms with Crippen LogP contribution in [0.1, 0.15) is 29.6 Å². The fourth-order valence-corrected chi connectivity index (χ4v) is 3.35. The normalized spacial score (nSPS) is 23.0. The quantitative estimate of drug-likeness (QED) is 0.833. The molecule has 1 saturated carbocycles. The maximum absolute atomic E-state index is 11.1. The van der Waals surface area contributed by atoms with Crippen molar-refractivity contribution < 1.29 is 9.90 Å². The highest BCUT2D eigenvalue weighted by Crippen LogP contribution is 2.31. The fraction of sp³-hybridized carbons (Fsp3) is 0.500. The third-order valence-corrected chi connectivity index (χ3v) is 4.55. The SMILES string of the molecule is CSC1CCCC1Nc1nc(Cl)ccc1C(=O)O. The van der Waals surface area contributed by atoms with Gasteiger partial charge < -0.3 is 10.4 Å². The van der Waals surface area contributed by atoms with Gasteiger partial charge in [-0.15, -0.1) is 0 Å². The van der Waals surface area contributed by atoms with Crippen LogP contribution in [0, 0.1) is 0 Å². The van der Waals surface area contributed by atoms with Gasteiger partial charge in [-0.25, -0.2) is 9.78 Å². The minimum atomic E-state index is -0.986. The number of anilines is 1. The van der Waals surface area contributed by atoms with Gasteiger partial charge in [0, 0.05) is 11.3 Å². The molecule has 98 valence electrons. The number of carboxylic acid groups (broad SMARTS) is 1. The number of aromatic carboxylic acids is 1. The third-order valence-electron chi connectivity index (χ3n) is 3.17. The minimum absolute atomic E-state index is 0.172. The van der Waals surface area contributed by atoms with Crippen LogP contribution in [0.25, 0.3) is 0 Å². The molecule has 1 aromatic heterocycles. The van der Waals surface area contributed by atoms with Crippen molar-refractivity contribution in [1.29, 1.82) is 0 Å². The molecule has 2 rings (SSSR count). The van der Waals surface area contributed by atoms with Crippen molar-refractivity contribution in [1.82, 2.24) is 4.98 Å². The molecule has 0 saturated heterocycles. The van der Waals surface area contributed by atoms with Gasteiger partial charge in [-0.3, -0.25) is 0 Å². The summed E-state index contributed by atoms with van der Waals surface area (Å²) in [6, 6.07) is 3.25. The highest BCUT2D eigenvalue weighted by atomic mass is 35.5. The van der Waals surface area contributed by atoms with Crippen LogP contribution in [0.4, 0.5) is 5.82 Å². The lowest BCUT2D eigenvalue weighted by Gasteiger charge is -2.20. The monoisotopic (exact) mass is 286 g/mol. The molecule has 1 aromatic rings. The molecule has 4 nitrogen and oxygen atoms in total. The number of pyridine rings is 1. The molecule has 0 amide bonds. The Morgan fingerprint density at radius 2 is 2.33 bits per heavy atom. The molecular formula is C12H15ClN2O2S. The molecule has 1 aliphatic carbocycles. The zero-order valence-corrected chi connectivity index (χ0v) is 11.6. The molecule has 18 heavy (non-hydrogen) atoms. The number of rotatable bonds is 4. The summed E-state index contributed by atoms with van der Waals surface area (Å²) in [5, 5.41) is 13.2. The second-order valence-corrected chi connectivity index (χ2v) is 5.76. The van der Waals surface area contributed by atoms with Crippen LogP contribution >= 0.6 is 23.4 Å². The first-order valence-corrected chi connectivity index (χ1v) is 7.47. The molecule has 2 atom stereocenters. The van der Waals surface area contributed by atoms with E-state index in [1.54, 1.807) is 0 Å². The summed E-state index contributed by atoms with van der Waals surface area (Å²) in [5.74, 6) is -0.610. The lowest BCUT2D eigenvalue weighted by molar-refractivity contribution is 0.0697. The number of aromatic nitrogens is 1. The van der Waals surface area contributed by atoms with Crippen LogP contribution in [0.5, 0.6) is 0 Å². The van der Waals surface area contributed by atoms with Crippen molar-refractivity contribution in [2.45, 2.75) is 30.6 Å².